The van der Waals surface area contributed by atoms with Crippen LogP contribution in [-0.4, -0.2) is 23.4 Å². The normalized spacial score (nSPS) is 21.8. The summed E-state index contributed by atoms with van der Waals surface area (Å²) < 4.78 is 6.05. The molecule has 0 aromatic carbocycles. The van der Waals surface area contributed by atoms with Gasteiger partial charge in [0.2, 0.25) is 0 Å². The molecule has 2 heteroatoms. The molecule has 0 aromatic rings. The van der Waals surface area contributed by atoms with Gasteiger partial charge in [-0.3, -0.25) is 0 Å². The van der Waals surface area contributed by atoms with Crippen LogP contribution in [0.2, 0.25) is 0 Å². The van der Waals surface area contributed by atoms with Crippen LogP contribution in [0.5, 0.6) is 0 Å². The molecule has 108 valence electrons. The van der Waals surface area contributed by atoms with Gasteiger partial charge in [0.05, 0.1) is 11.7 Å². The van der Waals surface area contributed by atoms with E-state index in [9.17, 15) is 5.11 Å². The summed E-state index contributed by atoms with van der Waals surface area (Å²) in [5.41, 5.74) is -0.242. The van der Waals surface area contributed by atoms with E-state index in [0.29, 0.717) is 5.92 Å². The molecule has 1 unspecified atom stereocenters. The second-order valence-electron chi connectivity index (χ2n) is 5.85. The molecule has 0 radical (unpaired) electrons. The molecule has 1 saturated carbocycles. The van der Waals surface area contributed by atoms with E-state index in [0.717, 1.165) is 38.7 Å². The monoisotopic (exact) mass is 256 g/mol. The van der Waals surface area contributed by atoms with Crippen molar-refractivity contribution >= 4 is 0 Å². The van der Waals surface area contributed by atoms with Crippen LogP contribution in [0.3, 0.4) is 0 Å². The third-order valence-corrected chi connectivity index (χ3v) is 4.70. The third kappa shape index (κ3) is 4.24. The summed E-state index contributed by atoms with van der Waals surface area (Å²) in [6.07, 6.45) is 10.1. The summed E-state index contributed by atoms with van der Waals surface area (Å²) in [4.78, 5) is 0. The van der Waals surface area contributed by atoms with Crippen LogP contribution in [0, 0.1) is 5.92 Å². The van der Waals surface area contributed by atoms with Gasteiger partial charge in [-0.05, 0) is 32.1 Å². The van der Waals surface area contributed by atoms with Crippen molar-refractivity contribution in [1.29, 1.82) is 0 Å². The highest BCUT2D eigenvalue weighted by atomic mass is 16.5. The van der Waals surface area contributed by atoms with Crippen LogP contribution in [0.4, 0.5) is 0 Å². The lowest BCUT2D eigenvalue weighted by Gasteiger charge is -2.38. The molecule has 0 heterocycles. The first kappa shape index (κ1) is 16.0. The van der Waals surface area contributed by atoms with Crippen LogP contribution in [-0.2, 0) is 4.74 Å². The number of ether oxygens (including phenoxy) is 1. The fraction of sp³-hybridized carbons (Fsp3) is 1.00. The Morgan fingerprint density at radius 1 is 1.00 bits per heavy atom. The molecule has 0 aliphatic heterocycles. The van der Waals surface area contributed by atoms with Gasteiger partial charge in [0.25, 0.3) is 0 Å². The summed E-state index contributed by atoms with van der Waals surface area (Å²) in [7, 11) is 0. The fourth-order valence-electron chi connectivity index (χ4n) is 3.34. The van der Waals surface area contributed by atoms with Gasteiger partial charge in [-0.25, -0.2) is 0 Å². The number of aliphatic hydroxyl groups is 1. The molecule has 0 aromatic heterocycles. The van der Waals surface area contributed by atoms with Gasteiger partial charge >= 0.3 is 0 Å². The van der Waals surface area contributed by atoms with E-state index in [-0.39, 0.29) is 11.7 Å². The first-order chi connectivity index (χ1) is 8.68. The second-order valence-corrected chi connectivity index (χ2v) is 5.85. The molecule has 1 N–H and O–H groups in total. The average molecular weight is 256 g/mol. The lowest BCUT2D eigenvalue weighted by molar-refractivity contribution is -0.135. The fourth-order valence-corrected chi connectivity index (χ4v) is 3.34. The van der Waals surface area contributed by atoms with Gasteiger partial charge in [0.15, 0.2) is 0 Å². The Labute approximate surface area is 113 Å². The molecule has 1 rings (SSSR count). The van der Waals surface area contributed by atoms with E-state index >= 15 is 0 Å². The maximum atomic E-state index is 10.7. The highest BCUT2D eigenvalue weighted by Gasteiger charge is 2.39. The van der Waals surface area contributed by atoms with Gasteiger partial charge in [0, 0.05) is 6.61 Å². The molecule has 0 saturated heterocycles. The van der Waals surface area contributed by atoms with Gasteiger partial charge in [0.1, 0.15) is 0 Å². The minimum atomic E-state index is -0.277. The molecule has 0 amide bonds. The topological polar surface area (TPSA) is 29.5 Å². The highest BCUT2D eigenvalue weighted by Crippen LogP contribution is 2.36. The predicted octanol–water partition coefficient (Wildman–Crippen LogP) is 4.30. The van der Waals surface area contributed by atoms with Gasteiger partial charge in [-0.1, -0.05) is 52.4 Å². The van der Waals surface area contributed by atoms with Crippen molar-refractivity contribution < 1.29 is 9.84 Å². The average Bonchev–Trinajstić information content (AvgIpc) is 2.62. The van der Waals surface area contributed by atoms with E-state index < -0.39 is 0 Å². The molecule has 2 nitrogen and oxygen atoms in total. The summed E-state index contributed by atoms with van der Waals surface area (Å²) in [5, 5.41) is 10.7. The van der Waals surface area contributed by atoms with E-state index in [1.807, 2.05) is 0 Å². The smallest absolute Gasteiger partial charge is 0.0940 e. The third-order valence-electron chi connectivity index (χ3n) is 4.70. The minimum absolute atomic E-state index is 0.242. The summed E-state index contributed by atoms with van der Waals surface area (Å²) in [5.74, 6) is 0.639. The van der Waals surface area contributed by atoms with Crippen LogP contribution in [0.25, 0.3) is 0 Å². The maximum absolute atomic E-state index is 10.7. The Balaban J connectivity index is 2.68. The molecule has 18 heavy (non-hydrogen) atoms. The minimum Gasteiger partial charge on any atom is -0.390 e. The van der Waals surface area contributed by atoms with Gasteiger partial charge in [-0.15, -0.1) is 0 Å². The predicted molar refractivity (Wildman–Crippen MR) is 76.8 cm³/mol. The maximum Gasteiger partial charge on any atom is 0.0940 e. The van der Waals surface area contributed by atoms with E-state index in [1.165, 1.54) is 25.7 Å². The molecule has 1 fully saturated rings. The molecule has 1 aliphatic carbocycles. The zero-order valence-corrected chi connectivity index (χ0v) is 12.6. The number of hydrogen-bond donors (Lipinski definition) is 1. The van der Waals surface area contributed by atoms with Gasteiger partial charge < -0.3 is 9.84 Å². The van der Waals surface area contributed by atoms with Crippen LogP contribution in [0.15, 0.2) is 0 Å². The summed E-state index contributed by atoms with van der Waals surface area (Å²) in [6, 6.07) is 0. The second kappa shape index (κ2) is 8.16. The van der Waals surface area contributed by atoms with Crippen molar-refractivity contribution in [2.45, 2.75) is 90.3 Å². The Morgan fingerprint density at radius 3 is 2.00 bits per heavy atom. The van der Waals surface area contributed by atoms with Crippen molar-refractivity contribution in [3.63, 3.8) is 0 Å². The van der Waals surface area contributed by atoms with Crippen molar-refractivity contribution in [2.75, 3.05) is 6.61 Å². The first-order valence-corrected chi connectivity index (χ1v) is 8.00. The molecule has 1 atom stereocenters. The van der Waals surface area contributed by atoms with Crippen molar-refractivity contribution in [3.05, 3.63) is 0 Å². The Kier molecular flexibility index (Phi) is 7.25. The number of rotatable bonds is 7. The molecule has 1 aliphatic rings. The Morgan fingerprint density at radius 2 is 1.56 bits per heavy atom. The van der Waals surface area contributed by atoms with Crippen molar-refractivity contribution in [1.82, 2.24) is 0 Å². The molecule has 0 spiro atoms. The zero-order valence-electron chi connectivity index (χ0n) is 12.6. The van der Waals surface area contributed by atoms with Gasteiger partial charge in [-0.2, -0.15) is 0 Å². The quantitative estimate of drug-likeness (QED) is 0.688. The standard InChI is InChI=1S/C16H32O2/c1-4-14(5-2)13-15(17)16(18-6-3)11-9-7-8-10-12-16/h14-15,17H,4-13H2,1-3H3. The van der Waals surface area contributed by atoms with E-state index in [4.69, 9.17) is 4.74 Å². The number of aliphatic hydroxyl groups excluding tert-OH is 1. The van der Waals surface area contributed by atoms with E-state index in [2.05, 4.69) is 20.8 Å². The number of hydrogen-bond acceptors (Lipinski definition) is 2. The SMILES string of the molecule is CCOC1(C(O)CC(CC)CC)CCCCCC1. The Hall–Kier alpha value is -0.0800. The van der Waals surface area contributed by atoms with Crippen LogP contribution >= 0.6 is 0 Å². The molecular formula is C16H32O2. The van der Waals surface area contributed by atoms with Crippen molar-refractivity contribution in [3.8, 4) is 0 Å². The summed E-state index contributed by atoms with van der Waals surface area (Å²) in [6.45, 7) is 7.22. The van der Waals surface area contributed by atoms with Crippen LogP contribution < -0.4 is 0 Å². The molecular weight excluding hydrogens is 224 g/mol. The van der Waals surface area contributed by atoms with E-state index in [1.54, 1.807) is 0 Å². The highest BCUT2D eigenvalue weighted by molar-refractivity contribution is 4.91. The summed E-state index contributed by atoms with van der Waals surface area (Å²) >= 11 is 0. The lowest BCUT2D eigenvalue weighted by atomic mass is 9.82. The van der Waals surface area contributed by atoms with Crippen molar-refractivity contribution in [2.24, 2.45) is 5.92 Å². The zero-order chi connectivity index (χ0) is 13.4. The van der Waals surface area contributed by atoms with Crippen LogP contribution in [0.1, 0.15) is 78.6 Å². The largest absolute Gasteiger partial charge is 0.390 e. The Bertz CT molecular complexity index is 203. The molecule has 0 bridgehead atoms. The first-order valence-electron chi connectivity index (χ1n) is 8.00. The lowest BCUT2D eigenvalue weighted by Crippen LogP contribution is -2.45.